The van der Waals surface area contributed by atoms with Crippen LogP contribution in [0.2, 0.25) is 0 Å². The van der Waals surface area contributed by atoms with Gasteiger partial charge in [0.1, 0.15) is 12.3 Å². The molecule has 2 rings (SSSR count). The van der Waals surface area contributed by atoms with Crippen molar-refractivity contribution in [1.82, 2.24) is 14.5 Å². The molecule has 0 radical (unpaired) electrons. The minimum Gasteiger partial charge on any atom is -0.394 e. The quantitative estimate of drug-likeness (QED) is 0.434. The zero-order chi connectivity index (χ0) is 12.6. The molecule has 1 aliphatic heterocycles. The van der Waals surface area contributed by atoms with E-state index >= 15 is 0 Å². The van der Waals surface area contributed by atoms with Crippen molar-refractivity contribution in [3.05, 3.63) is 31.5 Å². The van der Waals surface area contributed by atoms with Crippen molar-refractivity contribution in [1.29, 1.82) is 0 Å². The molecule has 3 atom stereocenters. The number of aromatic amines is 2. The fourth-order valence-corrected chi connectivity index (χ4v) is 1.74. The van der Waals surface area contributed by atoms with Crippen LogP contribution >= 0.6 is 0 Å². The number of aromatic nitrogens is 3. The summed E-state index contributed by atoms with van der Waals surface area (Å²) in [5.41, 5.74) is -2.75. The number of ether oxygens (including phenoxy) is 1. The highest BCUT2D eigenvalue weighted by Gasteiger charge is 2.35. The van der Waals surface area contributed by atoms with Gasteiger partial charge >= 0.3 is 17.1 Å². The molecule has 1 aromatic heterocycles. The van der Waals surface area contributed by atoms with Gasteiger partial charge in [-0.3, -0.25) is 9.97 Å². The average molecular weight is 245 g/mol. The van der Waals surface area contributed by atoms with Crippen molar-refractivity contribution >= 4 is 0 Å². The van der Waals surface area contributed by atoms with Crippen LogP contribution < -0.4 is 17.1 Å². The molecule has 9 nitrogen and oxygen atoms in total. The number of aliphatic hydroxyl groups excluding tert-OH is 2. The van der Waals surface area contributed by atoms with Gasteiger partial charge in [-0.05, 0) is 0 Å². The lowest BCUT2D eigenvalue weighted by atomic mass is 10.2. The largest absolute Gasteiger partial charge is 0.394 e. The lowest BCUT2D eigenvalue weighted by molar-refractivity contribution is -0.0474. The maximum Gasteiger partial charge on any atom is 0.335 e. The summed E-state index contributed by atoms with van der Waals surface area (Å²) >= 11 is 0. The van der Waals surface area contributed by atoms with E-state index in [4.69, 9.17) is 9.84 Å². The first kappa shape index (κ1) is 11.8. The summed E-state index contributed by atoms with van der Waals surface area (Å²) in [6.07, 6.45) is -2.84. The van der Waals surface area contributed by atoms with E-state index < -0.39 is 42.1 Å². The smallest absolute Gasteiger partial charge is 0.335 e. The molecule has 4 N–H and O–H groups in total. The highest BCUT2D eigenvalue weighted by Crippen LogP contribution is 2.25. The fourth-order valence-electron chi connectivity index (χ4n) is 1.74. The normalized spacial score (nSPS) is 28.5. The Morgan fingerprint density at radius 1 is 1.29 bits per heavy atom. The van der Waals surface area contributed by atoms with Gasteiger partial charge in [-0.2, -0.15) is 0 Å². The highest BCUT2D eigenvalue weighted by molar-refractivity contribution is 4.83. The predicted molar refractivity (Wildman–Crippen MR) is 53.6 cm³/mol. The van der Waals surface area contributed by atoms with Gasteiger partial charge in [0.25, 0.3) is 0 Å². The molecule has 2 heterocycles. The Morgan fingerprint density at radius 3 is 2.35 bits per heavy atom. The zero-order valence-electron chi connectivity index (χ0n) is 8.62. The van der Waals surface area contributed by atoms with Crippen LogP contribution in [-0.4, -0.2) is 43.6 Å². The molecule has 1 fully saturated rings. The second-order valence-electron chi connectivity index (χ2n) is 3.67. The Balaban J connectivity index is 2.41. The number of nitrogens with zero attached hydrogens (tertiary/aromatic N) is 1. The van der Waals surface area contributed by atoms with Crippen molar-refractivity contribution in [3.8, 4) is 0 Å². The van der Waals surface area contributed by atoms with Gasteiger partial charge in [0.2, 0.25) is 0 Å². The van der Waals surface area contributed by atoms with E-state index in [1.54, 1.807) is 0 Å². The molecule has 0 aliphatic carbocycles. The molecule has 0 aromatic carbocycles. The van der Waals surface area contributed by atoms with Gasteiger partial charge in [0, 0.05) is 6.42 Å². The molecule has 0 amide bonds. The van der Waals surface area contributed by atoms with Crippen molar-refractivity contribution in [2.75, 3.05) is 6.61 Å². The molecule has 1 unspecified atom stereocenters. The molecule has 1 aromatic rings. The van der Waals surface area contributed by atoms with Crippen LogP contribution in [0.5, 0.6) is 0 Å². The summed E-state index contributed by atoms with van der Waals surface area (Å²) in [4.78, 5) is 37.4. The minimum atomic E-state index is -1.00. The number of hydrogen-bond acceptors (Lipinski definition) is 6. The van der Waals surface area contributed by atoms with Crippen LogP contribution in [0.1, 0.15) is 12.6 Å². The van der Waals surface area contributed by atoms with Crippen molar-refractivity contribution in [2.45, 2.75) is 24.9 Å². The van der Waals surface area contributed by atoms with Crippen LogP contribution in [-0.2, 0) is 4.74 Å². The highest BCUT2D eigenvalue weighted by atomic mass is 16.5. The Bertz CT molecular complexity index is 537. The van der Waals surface area contributed by atoms with E-state index in [0.29, 0.717) is 4.57 Å². The van der Waals surface area contributed by atoms with E-state index in [9.17, 15) is 19.5 Å². The lowest BCUT2D eigenvalue weighted by Crippen LogP contribution is -2.45. The Kier molecular flexibility index (Phi) is 2.96. The van der Waals surface area contributed by atoms with Crippen LogP contribution in [0, 0.1) is 0 Å². The molecule has 0 bridgehead atoms. The molecule has 1 saturated heterocycles. The Labute approximate surface area is 93.3 Å². The molecule has 94 valence electrons. The second-order valence-corrected chi connectivity index (χ2v) is 3.67. The topological polar surface area (TPSA) is 137 Å². The summed E-state index contributed by atoms with van der Waals surface area (Å²) in [6.45, 7) is -0.423. The van der Waals surface area contributed by atoms with Gasteiger partial charge in [-0.25, -0.2) is 19.0 Å². The number of hydrogen-bond donors (Lipinski definition) is 4. The third-order valence-electron chi connectivity index (χ3n) is 2.55. The lowest BCUT2D eigenvalue weighted by Gasteiger charge is -2.12. The first-order valence-electron chi connectivity index (χ1n) is 4.92. The fraction of sp³-hybridized carbons (Fsp3) is 0.625. The summed E-state index contributed by atoms with van der Waals surface area (Å²) in [5, 5.41) is 18.3. The Morgan fingerprint density at radius 2 is 1.88 bits per heavy atom. The predicted octanol–water partition coefficient (Wildman–Crippen LogP) is -3.13. The van der Waals surface area contributed by atoms with Gasteiger partial charge in [-0.15, -0.1) is 0 Å². The second kappa shape index (κ2) is 4.28. The van der Waals surface area contributed by atoms with E-state index in [1.807, 2.05) is 9.97 Å². The monoisotopic (exact) mass is 245 g/mol. The van der Waals surface area contributed by atoms with E-state index in [-0.39, 0.29) is 6.42 Å². The molecular weight excluding hydrogens is 234 g/mol. The SMILES string of the molecule is O=c1[nH]c(=O)n(C2C[C@H](O)[C@@H](CO)O2)c(=O)[nH]1. The molecule has 0 saturated carbocycles. The van der Waals surface area contributed by atoms with Gasteiger partial charge in [-0.1, -0.05) is 0 Å². The number of nitrogens with one attached hydrogen (secondary N) is 2. The van der Waals surface area contributed by atoms with Crippen LogP contribution in [0.3, 0.4) is 0 Å². The van der Waals surface area contributed by atoms with Crippen LogP contribution in [0.4, 0.5) is 0 Å². The third-order valence-corrected chi connectivity index (χ3v) is 2.55. The van der Waals surface area contributed by atoms with Crippen LogP contribution in [0.25, 0.3) is 0 Å². The van der Waals surface area contributed by atoms with E-state index in [1.165, 1.54) is 0 Å². The standard InChI is InChI=1S/C8H11N3O6/c12-2-4-3(13)1-5(17-4)11-7(15)9-6(14)10-8(11)16/h3-5,12-13H,1-2H2,(H2,9,10,14,15,16)/t3-,4+,5?/m0/s1. The van der Waals surface area contributed by atoms with E-state index in [0.717, 1.165) is 0 Å². The van der Waals surface area contributed by atoms with Crippen molar-refractivity contribution < 1.29 is 14.9 Å². The maximum absolute atomic E-state index is 11.4. The zero-order valence-corrected chi connectivity index (χ0v) is 8.62. The molecule has 17 heavy (non-hydrogen) atoms. The summed E-state index contributed by atoms with van der Waals surface area (Å²) in [5.74, 6) is 0. The van der Waals surface area contributed by atoms with E-state index in [2.05, 4.69) is 0 Å². The molecule has 9 heteroatoms. The first-order valence-corrected chi connectivity index (χ1v) is 4.92. The summed E-state index contributed by atoms with van der Waals surface area (Å²) < 4.78 is 5.78. The minimum absolute atomic E-state index is 0.0136. The van der Waals surface area contributed by atoms with Gasteiger partial charge in [0.05, 0.1) is 12.7 Å². The number of H-pyrrole nitrogens is 2. The van der Waals surface area contributed by atoms with Crippen molar-refractivity contribution in [2.24, 2.45) is 0 Å². The summed E-state index contributed by atoms with van der Waals surface area (Å²) in [6, 6.07) is 0. The summed E-state index contributed by atoms with van der Waals surface area (Å²) in [7, 11) is 0. The molecular formula is C8H11N3O6. The van der Waals surface area contributed by atoms with Crippen LogP contribution in [0.15, 0.2) is 14.4 Å². The maximum atomic E-state index is 11.4. The molecule has 0 spiro atoms. The van der Waals surface area contributed by atoms with Gasteiger partial charge < -0.3 is 14.9 Å². The van der Waals surface area contributed by atoms with Crippen molar-refractivity contribution in [3.63, 3.8) is 0 Å². The Hall–Kier alpha value is -1.71. The number of rotatable bonds is 2. The van der Waals surface area contributed by atoms with Gasteiger partial charge in [0.15, 0.2) is 0 Å². The third kappa shape index (κ3) is 2.07. The first-order chi connectivity index (χ1) is 8.02. The number of aliphatic hydroxyl groups is 2. The average Bonchev–Trinajstić information content (AvgIpc) is 2.57. The molecule has 1 aliphatic rings.